The van der Waals surface area contributed by atoms with Crippen LogP contribution in [0, 0.1) is 89.4 Å². The van der Waals surface area contributed by atoms with E-state index >= 15 is 0 Å². The molecule has 16 bridgehead atoms. The van der Waals surface area contributed by atoms with Crippen molar-refractivity contribution in [2.75, 3.05) is 31.0 Å². The standard InChI is InChI=1S/C29H32F3N7.C25H16F2N6.C24H16F3N7.C23H21F3N6O.4Pt/c1-17-33-21-15-38(17)23-12-10-11-19(34-23)26(2,3)20-13-18(37(8)9)14-24(35-20)39-16-22(28(6,7)27(21,4)5)36-25(39)29(30,31)32;1-25(2)19-9-5-11-21(30-19)32-13-17(28-23(32)26)15-7-3-4-8-16(15)18-14-33(24(27)29-18)22-12-6-10-20(25)31-22;1-17-13-15-32(30-17)20-9-5-11-22(28-20)34(18-7-3-2-4-8-18)23-12-6-10-21(29-23)33-16-14-19(31-33)24(25,26)27;1-14-10-17(29-19(11-14)31-8-6-27-15(31)2)22(3,4)18-12-16(33-5)13-20(30-18)32-9-7-28-21(32)23(24,25)26;;;;/h10-14H,1-9H3;3-12H,1-2H3;2-14H,1H3;6-7,10-13H,1-5H3;;;;/q4*-2;4*+2. The number of rotatable bonds is 11. The zero-order valence-electron chi connectivity index (χ0n) is 79.1. The molecule has 2 aliphatic heterocycles. The molecule has 2 aliphatic rings. The van der Waals surface area contributed by atoms with E-state index in [1.54, 1.807) is 116 Å². The van der Waals surface area contributed by atoms with Crippen LogP contribution < -0.4 is 14.5 Å². The van der Waals surface area contributed by atoms with Crippen LogP contribution in [-0.4, -0.2) is 138 Å². The Morgan fingerprint density at radius 1 is 0.364 bits per heavy atom. The molecule has 27 nitrogen and oxygen atoms in total. The maximum atomic E-state index is 15.0. The Bertz CT molecular complexity index is 7520. The first-order chi connectivity index (χ1) is 65.7. The summed E-state index contributed by atoms with van der Waals surface area (Å²) in [5.41, 5.74) is 4.39. The van der Waals surface area contributed by atoms with Gasteiger partial charge in [-0.05, 0) is 162 Å². The van der Waals surface area contributed by atoms with Gasteiger partial charge in [0.25, 0.3) is 0 Å². The molecule has 143 heavy (non-hydrogen) atoms. The molecular weight excluding hydrogens is 2580 g/mol. The van der Waals surface area contributed by atoms with Crippen LogP contribution >= 0.6 is 0 Å². The minimum Gasteiger partial charge on any atom is -0.498 e. The minimum atomic E-state index is -4.73. The fourth-order valence-electron chi connectivity index (χ4n) is 15.5. The summed E-state index contributed by atoms with van der Waals surface area (Å²) >= 11 is 0. The number of pyridine rings is 8. The fourth-order valence-corrected chi connectivity index (χ4v) is 15.5. The summed E-state index contributed by atoms with van der Waals surface area (Å²) < 4.78 is 168. The van der Waals surface area contributed by atoms with Crippen molar-refractivity contribution in [2.45, 2.75) is 143 Å². The van der Waals surface area contributed by atoms with Crippen molar-refractivity contribution < 1.29 is 137 Å². The molecule has 0 N–H and O–H groups in total. The summed E-state index contributed by atoms with van der Waals surface area (Å²) in [5.74, 6) is 3.33. The third kappa shape index (κ3) is 21.4. The maximum Gasteiger partial charge on any atom is 2.00 e. The molecule has 2 aromatic carbocycles. The van der Waals surface area contributed by atoms with Crippen molar-refractivity contribution >= 4 is 23.0 Å². The second-order valence-electron chi connectivity index (χ2n) is 35.5. The molecule has 0 unspecified atom stereocenters. The van der Waals surface area contributed by atoms with Crippen molar-refractivity contribution in [3.63, 3.8) is 0 Å². The number of halogens is 11. The van der Waals surface area contributed by atoms with Gasteiger partial charge in [0.1, 0.15) is 29.0 Å². The van der Waals surface area contributed by atoms with Gasteiger partial charge in [-0.25, -0.2) is 8.78 Å². The Balaban J connectivity index is 0.000000159. The van der Waals surface area contributed by atoms with Gasteiger partial charge in [0.2, 0.25) is 12.2 Å². The second-order valence-corrected chi connectivity index (χ2v) is 35.5. The molecule has 20 rings (SSSR count). The van der Waals surface area contributed by atoms with E-state index in [-0.39, 0.29) is 119 Å². The Morgan fingerprint density at radius 2 is 0.825 bits per heavy atom. The summed E-state index contributed by atoms with van der Waals surface area (Å²) in [6.07, 6.45) is 10.3. The number of fused-ring (bicyclic) bond motifs is 23. The fraction of sp³-hybridized carbons (Fsp3) is 0.248. The van der Waals surface area contributed by atoms with Crippen LogP contribution in [0.1, 0.15) is 155 Å². The average Bonchev–Trinajstić information content (AvgIpc) is 1.58. The smallest absolute Gasteiger partial charge is 0.498 e. The van der Waals surface area contributed by atoms with E-state index in [0.717, 1.165) is 48.8 Å². The van der Waals surface area contributed by atoms with Crippen LogP contribution in [0.15, 0.2) is 207 Å². The van der Waals surface area contributed by atoms with Gasteiger partial charge >= 0.3 is 103 Å². The Morgan fingerprint density at radius 3 is 1.33 bits per heavy atom. The number of benzene rings is 2. The molecule has 0 atom stereocenters. The summed E-state index contributed by atoms with van der Waals surface area (Å²) in [6, 6.07) is 56.3. The van der Waals surface area contributed by atoms with E-state index in [1.807, 2.05) is 207 Å². The largest absolute Gasteiger partial charge is 2.00 e. The quantitative estimate of drug-likeness (QED) is 0.0860. The second kappa shape index (κ2) is 41.2. The van der Waals surface area contributed by atoms with E-state index < -0.39 is 75.1 Å². The topological polar surface area (TPSA) is 261 Å². The number of nitrogens with zero attached hydrogens (tertiary/aromatic N) is 26. The predicted molar refractivity (Wildman–Crippen MR) is 491 cm³/mol. The third-order valence-corrected chi connectivity index (χ3v) is 24.2. The molecule has 0 saturated heterocycles. The Kier molecular flexibility index (Phi) is 30.8. The first-order valence-corrected chi connectivity index (χ1v) is 43.2. The molecule has 0 spiro atoms. The first kappa shape index (κ1) is 107. The van der Waals surface area contributed by atoms with Gasteiger partial charge < -0.3 is 66.3 Å². The Hall–Kier alpha value is -13.3. The molecule has 18 heterocycles. The van der Waals surface area contributed by atoms with Gasteiger partial charge in [-0.15, -0.1) is 35.4 Å². The van der Waals surface area contributed by atoms with Gasteiger partial charge in [-0.1, -0.05) is 194 Å². The number of imidazole rings is 6. The molecule has 16 aromatic heterocycles. The van der Waals surface area contributed by atoms with Crippen LogP contribution in [-0.2, 0) is 130 Å². The van der Waals surface area contributed by atoms with Crippen molar-refractivity contribution in [3.8, 4) is 74.8 Å². The number of aryl methyl sites for hydroxylation is 4. The number of alkyl halides is 9. The van der Waals surface area contributed by atoms with Gasteiger partial charge in [-0.2, -0.15) is 39.5 Å². The number of hydrogen-bond donors (Lipinski definition) is 0. The summed E-state index contributed by atoms with van der Waals surface area (Å²) in [6.45, 7) is 26.7. The summed E-state index contributed by atoms with van der Waals surface area (Å²) in [5, 5.41) is 7.94. The Labute approximate surface area is 872 Å². The SMILES string of the molecule is CC1(C)c2cccc(n2)-n2[c-]c(nc2F)-c2ccccc2-c2[c-]n(c(F)n2)-c2cccc1n2.COc1cc(-n2[c-]cnc2C(F)(F)F)nc(C(C)(C)c2cc(C)cc(-n3[c-]cnc3C)n2)c1.Cc1c[c-]n(-c2cccc(N(c3ccccc3)c3cccc(-n4[c-]cc(C(F)(F)F)n4)n3)n2)n1.Cc1nc2[c-]n1-c1cccc(n1)C(C)(C)c1cc(N(C)C)cc(n1)-n1[c-]c(nc1C(F)(F)F)C(C)(C)C2(C)C.[Pt+2].[Pt+2].[Pt+2].[Pt+2]. The molecule has 0 radical (unpaired) electrons. The van der Waals surface area contributed by atoms with Gasteiger partial charge in [0.15, 0.2) is 0 Å². The minimum absolute atomic E-state index is 0. The maximum absolute atomic E-state index is 15.0. The summed E-state index contributed by atoms with van der Waals surface area (Å²) in [7, 11) is 5.12. The predicted octanol–water partition coefficient (Wildman–Crippen LogP) is 20.1. The van der Waals surface area contributed by atoms with Crippen molar-refractivity contribution in [1.82, 2.24) is 117 Å². The number of anilines is 4. The van der Waals surface area contributed by atoms with Crippen molar-refractivity contribution in [3.05, 3.63) is 354 Å². The number of aromatic nitrogens is 24. The molecule has 18 aromatic rings. The van der Waals surface area contributed by atoms with Crippen molar-refractivity contribution in [1.29, 1.82) is 0 Å². The van der Waals surface area contributed by atoms with Crippen LogP contribution in [0.2, 0.25) is 0 Å². The first-order valence-electron chi connectivity index (χ1n) is 43.2. The van der Waals surface area contributed by atoms with E-state index in [9.17, 15) is 48.3 Å². The number of methoxy groups -OCH3 is 1. The zero-order chi connectivity index (χ0) is 99.1. The third-order valence-electron chi connectivity index (χ3n) is 24.2. The average molecular weight is 2670 g/mol. The van der Waals surface area contributed by atoms with Crippen LogP contribution in [0.25, 0.3) is 69.1 Å². The van der Waals surface area contributed by atoms with Crippen molar-refractivity contribution in [2.24, 2.45) is 0 Å². The molecule has 742 valence electrons. The van der Waals surface area contributed by atoms with Gasteiger partial charge in [0, 0.05) is 128 Å². The molecule has 0 fully saturated rings. The molecule has 0 aliphatic carbocycles. The molecule has 0 amide bonds. The van der Waals surface area contributed by atoms with Gasteiger partial charge in [0.05, 0.1) is 36.1 Å². The normalized spacial score (nSPS) is 13.5. The van der Waals surface area contributed by atoms with Crippen LogP contribution in [0.5, 0.6) is 5.75 Å². The summed E-state index contributed by atoms with van der Waals surface area (Å²) in [4.78, 5) is 66.0. The monoisotopic (exact) mass is 2670 g/mol. The number of para-hydroxylation sites is 1. The van der Waals surface area contributed by atoms with Gasteiger partial charge in [-0.3, -0.25) is 64.9 Å². The van der Waals surface area contributed by atoms with E-state index in [4.69, 9.17) is 39.6 Å². The zero-order valence-corrected chi connectivity index (χ0v) is 88.2. The van der Waals surface area contributed by atoms with Crippen LogP contribution in [0.4, 0.5) is 71.3 Å². The molecule has 42 heteroatoms. The van der Waals surface area contributed by atoms with E-state index in [1.165, 1.54) is 22.3 Å². The molecule has 0 saturated carbocycles. The number of ether oxygens (including phenoxy) is 1. The number of hydrogen-bond acceptors (Lipinski definition) is 19. The molecular formula is C101H85F11N26OPt4. The van der Waals surface area contributed by atoms with E-state index in [2.05, 4.69) is 94.7 Å². The van der Waals surface area contributed by atoms with E-state index in [0.29, 0.717) is 109 Å². The van der Waals surface area contributed by atoms with Crippen LogP contribution in [0.3, 0.4) is 0 Å².